The maximum Gasteiger partial charge on any atom is 0.329 e. The second-order valence-corrected chi connectivity index (χ2v) is 5.37. The van der Waals surface area contributed by atoms with Gasteiger partial charge in [-0.05, 0) is 42.0 Å². The summed E-state index contributed by atoms with van der Waals surface area (Å²) in [6, 6.07) is 14.2. The fourth-order valence-corrected chi connectivity index (χ4v) is 1.94. The van der Waals surface area contributed by atoms with Crippen LogP contribution in [-0.4, -0.2) is 39.2 Å². The van der Waals surface area contributed by atoms with Crippen LogP contribution in [0.15, 0.2) is 53.6 Å². The van der Waals surface area contributed by atoms with E-state index < -0.39 is 11.8 Å². The molecule has 0 aliphatic carbocycles. The van der Waals surface area contributed by atoms with Gasteiger partial charge < -0.3 is 15.0 Å². The fraction of sp³-hybridized carbons (Fsp3) is 0.167. The van der Waals surface area contributed by atoms with Crippen molar-refractivity contribution in [1.29, 1.82) is 0 Å². The third kappa shape index (κ3) is 5.35. The first-order chi connectivity index (χ1) is 12.0. The summed E-state index contributed by atoms with van der Waals surface area (Å²) in [5.74, 6) is -0.991. The van der Waals surface area contributed by atoms with Crippen LogP contribution in [0.1, 0.15) is 5.56 Å². The molecule has 0 atom stereocenters. The van der Waals surface area contributed by atoms with Crippen LogP contribution in [-0.2, 0) is 9.59 Å². The van der Waals surface area contributed by atoms with Gasteiger partial charge in [0.25, 0.3) is 0 Å². The molecular formula is C18H20N4O3. The van der Waals surface area contributed by atoms with Crippen molar-refractivity contribution in [1.82, 2.24) is 5.43 Å². The lowest BCUT2D eigenvalue weighted by Gasteiger charge is -2.11. The SMILES string of the molecule is COc1ccc(NC(=O)C(=O)N/N=C\c2ccc(N(C)C)cc2)cc1. The smallest absolute Gasteiger partial charge is 0.329 e. The Hall–Kier alpha value is -3.35. The van der Waals surface area contributed by atoms with E-state index in [1.807, 2.05) is 43.3 Å². The van der Waals surface area contributed by atoms with E-state index in [9.17, 15) is 9.59 Å². The number of anilines is 2. The van der Waals surface area contributed by atoms with Crippen molar-refractivity contribution in [3.05, 3.63) is 54.1 Å². The van der Waals surface area contributed by atoms with Gasteiger partial charge in [-0.3, -0.25) is 9.59 Å². The molecule has 0 saturated carbocycles. The van der Waals surface area contributed by atoms with E-state index in [-0.39, 0.29) is 0 Å². The molecule has 2 aromatic rings. The highest BCUT2D eigenvalue weighted by molar-refractivity contribution is 6.39. The van der Waals surface area contributed by atoms with Gasteiger partial charge in [-0.25, -0.2) is 5.43 Å². The molecule has 0 saturated heterocycles. The van der Waals surface area contributed by atoms with Crippen LogP contribution in [0.4, 0.5) is 11.4 Å². The number of benzene rings is 2. The Bertz CT molecular complexity index is 753. The normalized spacial score (nSPS) is 10.4. The zero-order valence-electron chi connectivity index (χ0n) is 14.3. The van der Waals surface area contributed by atoms with E-state index in [0.29, 0.717) is 11.4 Å². The molecule has 0 radical (unpaired) electrons. The summed E-state index contributed by atoms with van der Waals surface area (Å²) in [5.41, 5.74) is 4.55. The van der Waals surface area contributed by atoms with E-state index in [0.717, 1.165) is 11.3 Å². The van der Waals surface area contributed by atoms with Gasteiger partial charge in [0, 0.05) is 25.5 Å². The third-order valence-electron chi connectivity index (χ3n) is 3.34. The van der Waals surface area contributed by atoms with E-state index in [2.05, 4.69) is 15.8 Å². The fourth-order valence-electron chi connectivity index (χ4n) is 1.94. The molecule has 0 aliphatic rings. The summed E-state index contributed by atoms with van der Waals surface area (Å²) in [6.07, 6.45) is 1.47. The van der Waals surface area contributed by atoms with E-state index >= 15 is 0 Å². The molecule has 130 valence electrons. The van der Waals surface area contributed by atoms with Gasteiger partial charge in [0.15, 0.2) is 0 Å². The molecule has 0 aliphatic heterocycles. The molecule has 2 amide bonds. The largest absolute Gasteiger partial charge is 0.497 e. The van der Waals surface area contributed by atoms with E-state index in [4.69, 9.17) is 4.74 Å². The highest BCUT2D eigenvalue weighted by Gasteiger charge is 2.12. The molecule has 0 heterocycles. The number of hydrogen-bond donors (Lipinski definition) is 2. The second-order valence-electron chi connectivity index (χ2n) is 5.37. The standard InChI is InChI=1S/C18H20N4O3/c1-22(2)15-8-4-13(5-9-15)12-19-21-18(24)17(23)20-14-6-10-16(25-3)11-7-14/h4-12H,1-3H3,(H,20,23)(H,21,24)/b19-12-. The lowest BCUT2D eigenvalue weighted by molar-refractivity contribution is -0.136. The summed E-state index contributed by atoms with van der Waals surface area (Å²) in [5, 5.41) is 6.26. The monoisotopic (exact) mass is 340 g/mol. The zero-order chi connectivity index (χ0) is 18.2. The van der Waals surface area contributed by atoms with Gasteiger partial charge in [0.2, 0.25) is 0 Å². The molecule has 7 heteroatoms. The number of hydrazone groups is 1. The molecule has 7 nitrogen and oxygen atoms in total. The van der Waals surface area contributed by atoms with E-state index in [1.54, 1.807) is 31.4 Å². The summed E-state index contributed by atoms with van der Waals surface area (Å²) in [7, 11) is 5.45. The molecular weight excluding hydrogens is 320 g/mol. The van der Waals surface area contributed by atoms with Crippen LogP contribution in [0.25, 0.3) is 0 Å². The molecule has 25 heavy (non-hydrogen) atoms. The Balaban J connectivity index is 1.86. The Morgan fingerprint density at radius 3 is 2.20 bits per heavy atom. The predicted octanol–water partition coefficient (Wildman–Crippen LogP) is 1.85. The van der Waals surface area contributed by atoms with Gasteiger partial charge in [-0.2, -0.15) is 5.10 Å². The number of nitrogens with zero attached hydrogens (tertiary/aromatic N) is 2. The number of amides is 2. The van der Waals surface area contributed by atoms with Gasteiger partial charge in [0.05, 0.1) is 13.3 Å². The van der Waals surface area contributed by atoms with Crippen molar-refractivity contribution in [3.63, 3.8) is 0 Å². The van der Waals surface area contributed by atoms with Crippen molar-refractivity contribution in [2.45, 2.75) is 0 Å². The first kappa shape index (κ1) is 18.0. The number of ether oxygens (including phenoxy) is 1. The number of carbonyl (C=O) groups excluding carboxylic acids is 2. The quantitative estimate of drug-likeness (QED) is 0.494. The highest BCUT2D eigenvalue weighted by Crippen LogP contribution is 2.14. The van der Waals surface area contributed by atoms with Crippen molar-refractivity contribution < 1.29 is 14.3 Å². The molecule has 2 rings (SSSR count). The molecule has 0 aromatic heterocycles. The van der Waals surface area contributed by atoms with Crippen molar-refractivity contribution in [3.8, 4) is 5.75 Å². The van der Waals surface area contributed by atoms with Crippen molar-refractivity contribution >= 4 is 29.4 Å². The average molecular weight is 340 g/mol. The third-order valence-corrected chi connectivity index (χ3v) is 3.34. The maximum absolute atomic E-state index is 11.8. The lowest BCUT2D eigenvalue weighted by atomic mass is 10.2. The number of nitrogens with one attached hydrogen (secondary N) is 2. The van der Waals surface area contributed by atoms with Gasteiger partial charge in [0.1, 0.15) is 5.75 Å². The number of methoxy groups -OCH3 is 1. The summed E-state index contributed by atoms with van der Waals surface area (Å²) >= 11 is 0. The first-order valence-electron chi connectivity index (χ1n) is 7.55. The molecule has 0 spiro atoms. The minimum absolute atomic E-state index is 0.490. The van der Waals surface area contributed by atoms with Crippen LogP contribution in [0.5, 0.6) is 5.75 Å². The lowest BCUT2D eigenvalue weighted by Crippen LogP contribution is -2.32. The number of rotatable bonds is 5. The number of carbonyl (C=O) groups is 2. The van der Waals surface area contributed by atoms with Crippen molar-refractivity contribution in [2.24, 2.45) is 5.10 Å². The summed E-state index contributed by atoms with van der Waals surface area (Å²) in [4.78, 5) is 25.5. The Morgan fingerprint density at radius 1 is 1.00 bits per heavy atom. The molecule has 2 N–H and O–H groups in total. The average Bonchev–Trinajstić information content (AvgIpc) is 2.62. The summed E-state index contributed by atoms with van der Waals surface area (Å²) < 4.78 is 5.02. The van der Waals surface area contributed by atoms with Crippen LogP contribution in [0, 0.1) is 0 Å². The van der Waals surface area contributed by atoms with Gasteiger partial charge in [-0.15, -0.1) is 0 Å². The minimum Gasteiger partial charge on any atom is -0.497 e. The van der Waals surface area contributed by atoms with Crippen LogP contribution in [0.3, 0.4) is 0 Å². The van der Waals surface area contributed by atoms with Crippen LogP contribution in [0.2, 0.25) is 0 Å². The Morgan fingerprint density at radius 2 is 1.64 bits per heavy atom. The Kier molecular flexibility index (Phi) is 6.11. The maximum atomic E-state index is 11.8. The topological polar surface area (TPSA) is 83.0 Å². The Labute approximate surface area is 146 Å². The van der Waals surface area contributed by atoms with Crippen LogP contribution < -0.4 is 20.4 Å². The molecule has 2 aromatic carbocycles. The highest BCUT2D eigenvalue weighted by atomic mass is 16.5. The van der Waals surface area contributed by atoms with Gasteiger partial charge in [-0.1, -0.05) is 12.1 Å². The van der Waals surface area contributed by atoms with Crippen LogP contribution >= 0.6 is 0 Å². The molecule has 0 bridgehead atoms. The summed E-state index contributed by atoms with van der Waals surface area (Å²) in [6.45, 7) is 0. The van der Waals surface area contributed by atoms with E-state index in [1.165, 1.54) is 6.21 Å². The molecule has 0 unspecified atom stereocenters. The second kappa shape index (κ2) is 8.49. The zero-order valence-corrected chi connectivity index (χ0v) is 14.3. The first-order valence-corrected chi connectivity index (χ1v) is 7.55. The molecule has 0 fully saturated rings. The number of hydrogen-bond acceptors (Lipinski definition) is 5. The minimum atomic E-state index is -0.850. The predicted molar refractivity (Wildman–Crippen MR) is 98.1 cm³/mol. The van der Waals surface area contributed by atoms with Gasteiger partial charge >= 0.3 is 11.8 Å². The van der Waals surface area contributed by atoms with Crippen molar-refractivity contribution in [2.75, 3.05) is 31.4 Å².